The molecule has 0 radical (unpaired) electrons. The number of carbonyl (C=O) groups excluding carboxylic acids is 2. The predicted octanol–water partition coefficient (Wildman–Crippen LogP) is 4.60. The van der Waals surface area contributed by atoms with Crippen LogP contribution in [0.4, 0.5) is 4.39 Å². The molecule has 29 heavy (non-hydrogen) atoms. The molecule has 4 rings (SSSR count). The summed E-state index contributed by atoms with van der Waals surface area (Å²) < 4.78 is 31.0. The third-order valence-electron chi connectivity index (χ3n) is 4.54. The molecule has 0 N–H and O–H groups in total. The first-order valence-corrected chi connectivity index (χ1v) is 9.01. The first kappa shape index (κ1) is 18.8. The molecular formula is C23H17FO5. The van der Waals surface area contributed by atoms with Crippen LogP contribution in [0.2, 0.25) is 0 Å². The van der Waals surface area contributed by atoms with Gasteiger partial charge in [-0.2, -0.15) is 0 Å². The molecule has 1 aliphatic rings. The highest BCUT2D eigenvalue weighted by Crippen LogP contribution is 2.36. The van der Waals surface area contributed by atoms with E-state index in [-0.39, 0.29) is 13.2 Å². The van der Waals surface area contributed by atoms with Crippen molar-refractivity contribution in [2.45, 2.75) is 19.5 Å². The van der Waals surface area contributed by atoms with E-state index >= 15 is 0 Å². The number of rotatable bonds is 5. The molecule has 1 atom stereocenters. The summed E-state index contributed by atoms with van der Waals surface area (Å²) in [5, 5.41) is 0. The second kappa shape index (κ2) is 8.24. The van der Waals surface area contributed by atoms with Crippen LogP contribution in [-0.2, 0) is 22.7 Å². The van der Waals surface area contributed by atoms with Crippen molar-refractivity contribution in [3.63, 3.8) is 0 Å². The van der Waals surface area contributed by atoms with Crippen LogP contribution in [-0.4, -0.2) is 12.3 Å². The summed E-state index contributed by atoms with van der Waals surface area (Å²) in [4.78, 5) is 23.0. The fourth-order valence-electron chi connectivity index (χ4n) is 3.08. The Labute approximate surface area is 166 Å². The SMILES string of the molecule is O=Cc1ccc(C(=O)OCc2cc(F)cc3c2O[C@H](c2ccccc2)OC3)cc1. The molecule has 1 heterocycles. The average Bonchev–Trinajstić information content (AvgIpc) is 2.77. The number of fused-ring (bicyclic) bond motifs is 1. The molecule has 1 aliphatic heterocycles. The highest BCUT2D eigenvalue weighted by Gasteiger charge is 2.25. The Balaban J connectivity index is 1.53. The largest absolute Gasteiger partial charge is 0.460 e. The number of aldehydes is 1. The number of hydrogen-bond donors (Lipinski definition) is 0. The maximum absolute atomic E-state index is 14.0. The zero-order valence-corrected chi connectivity index (χ0v) is 15.3. The zero-order chi connectivity index (χ0) is 20.2. The molecular weight excluding hydrogens is 375 g/mol. The van der Waals surface area contributed by atoms with Gasteiger partial charge in [-0.3, -0.25) is 4.79 Å². The van der Waals surface area contributed by atoms with E-state index in [1.54, 1.807) is 0 Å². The number of ether oxygens (including phenoxy) is 3. The van der Waals surface area contributed by atoms with Crippen LogP contribution in [0.3, 0.4) is 0 Å². The van der Waals surface area contributed by atoms with Gasteiger partial charge in [-0.25, -0.2) is 9.18 Å². The van der Waals surface area contributed by atoms with Crippen LogP contribution in [0.1, 0.15) is 43.7 Å². The van der Waals surface area contributed by atoms with Crippen molar-refractivity contribution in [3.05, 3.63) is 100 Å². The highest BCUT2D eigenvalue weighted by molar-refractivity contribution is 5.90. The molecule has 0 spiro atoms. The van der Waals surface area contributed by atoms with Gasteiger partial charge in [0.25, 0.3) is 0 Å². The van der Waals surface area contributed by atoms with Crippen molar-refractivity contribution in [1.82, 2.24) is 0 Å². The molecule has 5 nitrogen and oxygen atoms in total. The second-order valence-electron chi connectivity index (χ2n) is 6.54. The lowest BCUT2D eigenvalue weighted by molar-refractivity contribution is -0.112. The van der Waals surface area contributed by atoms with Crippen molar-refractivity contribution in [1.29, 1.82) is 0 Å². The minimum atomic E-state index is -0.625. The third kappa shape index (κ3) is 4.17. The number of carbonyl (C=O) groups is 2. The van der Waals surface area contributed by atoms with Crippen LogP contribution in [0, 0.1) is 5.82 Å². The number of hydrogen-bond acceptors (Lipinski definition) is 5. The van der Waals surface area contributed by atoms with E-state index in [2.05, 4.69) is 0 Å². The van der Waals surface area contributed by atoms with E-state index in [0.29, 0.717) is 34.3 Å². The van der Waals surface area contributed by atoms with Crippen molar-refractivity contribution in [2.75, 3.05) is 0 Å². The Kier molecular flexibility index (Phi) is 5.35. The van der Waals surface area contributed by atoms with E-state index in [1.165, 1.54) is 36.4 Å². The molecule has 0 saturated carbocycles. The second-order valence-corrected chi connectivity index (χ2v) is 6.54. The van der Waals surface area contributed by atoms with Gasteiger partial charge >= 0.3 is 5.97 Å². The Hall–Kier alpha value is -3.51. The van der Waals surface area contributed by atoms with Crippen molar-refractivity contribution in [3.8, 4) is 5.75 Å². The Bertz CT molecular complexity index is 1030. The number of esters is 1. The first-order chi connectivity index (χ1) is 14.1. The molecule has 0 unspecified atom stereocenters. The normalized spacial score (nSPS) is 15.1. The monoisotopic (exact) mass is 392 g/mol. The Morgan fingerprint density at radius 1 is 1.10 bits per heavy atom. The Morgan fingerprint density at radius 3 is 2.59 bits per heavy atom. The summed E-state index contributed by atoms with van der Waals surface area (Å²) in [5.41, 5.74) is 2.56. The van der Waals surface area contributed by atoms with E-state index in [1.807, 2.05) is 30.3 Å². The van der Waals surface area contributed by atoms with Gasteiger partial charge in [-0.15, -0.1) is 0 Å². The topological polar surface area (TPSA) is 61.8 Å². The summed E-state index contributed by atoms with van der Waals surface area (Å²) in [7, 11) is 0. The fraction of sp³-hybridized carbons (Fsp3) is 0.130. The van der Waals surface area contributed by atoms with Crippen LogP contribution in [0.5, 0.6) is 5.75 Å². The number of benzene rings is 3. The van der Waals surface area contributed by atoms with Gasteiger partial charge < -0.3 is 14.2 Å². The average molecular weight is 392 g/mol. The standard InChI is InChI=1S/C23H17FO5/c24-20-10-18(13-27-22(26)16-8-6-15(12-25)7-9-16)21-19(11-20)14-28-23(29-21)17-4-2-1-3-5-17/h1-12,23H,13-14H2/t23-/m1/s1. The van der Waals surface area contributed by atoms with Crippen LogP contribution >= 0.6 is 0 Å². The predicted molar refractivity (Wildman–Crippen MR) is 102 cm³/mol. The quantitative estimate of drug-likeness (QED) is 0.469. The summed E-state index contributed by atoms with van der Waals surface area (Å²) in [6.45, 7) is 0.0244. The van der Waals surface area contributed by atoms with E-state index in [9.17, 15) is 14.0 Å². The molecule has 3 aromatic rings. The minimum absolute atomic E-state index is 0.157. The summed E-state index contributed by atoms with van der Waals surface area (Å²) >= 11 is 0. The summed E-state index contributed by atoms with van der Waals surface area (Å²) in [5.74, 6) is -0.585. The molecule has 3 aromatic carbocycles. The summed E-state index contributed by atoms with van der Waals surface area (Å²) in [6, 6.07) is 18.1. The number of halogens is 1. The summed E-state index contributed by atoms with van der Waals surface area (Å²) in [6.07, 6.45) is 0.0657. The lowest BCUT2D eigenvalue weighted by atomic mass is 10.1. The van der Waals surface area contributed by atoms with Gasteiger partial charge in [-0.05, 0) is 24.3 Å². The van der Waals surface area contributed by atoms with Gasteiger partial charge in [-0.1, -0.05) is 42.5 Å². The zero-order valence-electron chi connectivity index (χ0n) is 15.3. The minimum Gasteiger partial charge on any atom is -0.460 e. The first-order valence-electron chi connectivity index (χ1n) is 9.01. The van der Waals surface area contributed by atoms with E-state index < -0.39 is 18.1 Å². The molecule has 0 amide bonds. The Morgan fingerprint density at radius 2 is 1.86 bits per heavy atom. The van der Waals surface area contributed by atoms with Crippen molar-refractivity contribution < 1.29 is 28.2 Å². The lowest BCUT2D eigenvalue weighted by Gasteiger charge is -2.28. The smallest absolute Gasteiger partial charge is 0.338 e. The molecule has 0 aliphatic carbocycles. The van der Waals surface area contributed by atoms with E-state index in [0.717, 1.165) is 5.56 Å². The van der Waals surface area contributed by atoms with Crippen LogP contribution in [0.15, 0.2) is 66.7 Å². The molecule has 0 fully saturated rings. The fourth-order valence-corrected chi connectivity index (χ4v) is 3.08. The third-order valence-corrected chi connectivity index (χ3v) is 4.54. The van der Waals surface area contributed by atoms with Gasteiger partial charge in [0.2, 0.25) is 6.29 Å². The van der Waals surface area contributed by atoms with Gasteiger partial charge in [0.1, 0.15) is 24.5 Å². The van der Waals surface area contributed by atoms with Crippen LogP contribution in [0.25, 0.3) is 0 Å². The molecule has 146 valence electrons. The molecule has 6 heteroatoms. The van der Waals surface area contributed by atoms with Gasteiger partial charge in [0, 0.05) is 22.3 Å². The molecule has 0 saturated heterocycles. The van der Waals surface area contributed by atoms with Crippen LogP contribution < -0.4 is 4.74 Å². The van der Waals surface area contributed by atoms with Gasteiger partial charge in [0.05, 0.1) is 12.2 Å². The van der Waals surface area contributed by atoms with Crippen molar-refractivity contribution >= 4 is 12.3 Å². The highest BCUT2D eigenvalue weighted by atomic mass is 19.1. The molecule has 0 bridgehead atoms. The maximum Gasteiger partial charge on any atom is 0.338 e. The molecule has 0 aromatic heterocycles. The maximum atomic E-state index is 14.0. The lowest BCUT2D eigenvalue weighted by Crippen LogP contribution is -2.20. The van der Waals surface area contributed by atoms with E-state index in [4.69, 9.17) is 14.2 Å². The van der Waals surface area contributed by atoms with Crippen molar-refractivity contribution in [2.24, 2.45) is 0 Å². The van der Waals surface area contributed by atoms with Gasteiger partial charge in [0.15, 0.2) is 0 Å².